The summed E-state index contributed by atoms with van der Waals surface area (Å²) in [6.07, 6.45) is 0. The Morgan fingerprint density at radius 1 is 0.750 bits per heavy atom. The van der Waals surface area contributed by atoms with Crippen LogP contribution in [0, 0.1) is 20.8 Å². The fraction of sp³-hybridized carbons (Fsp3) is 0.200. The summed E-state index contributed by atoms with van der Waals surface area (Å²) < 4.78 is 0. The molecule has 0 unspecified atom stereocenters. The smallest absolute Gasteiger partial charge is 0.0412 e. The lowest BCUT2D eigenvalue weighted by atomic mass is 9.95. The van der Waals surface area contributed by atoms with E-state index >= 15 is 0 Å². The summed E-state index contributed by atoms with van der Waals surface area (Å²) in [4.78, 5) is 0. The van der Waals surface area contributed by atoms with Crippen LogP contribution in [-0.4, -0.2) is 0 Å². The predicted molar refractivity (Wildman–Crippen MR) is 71.1 cm³/mol. The molecule has 2 aromatic rings. The molecule has 0 atom stereocenters. The highest BCUT2D eigenvalue weighted by atomic mass is 35.5. The van der Waals surface area contributed by atoms with Crippen LogP contribution in [0.3, 0.4) is 0 Å². The molecule has 0 N–H and O–H groups in total. The van der Waals surface area contributed by atoms with E-state index < -0.39 is 0 Å². The normalized spacial score (nSPS) is 10.5. The van der Waals surface area contributed by atoms with Gasteiger partial charge in [-0.1, -0.05) is 41.4 Å². The molecule has 0 spiro atoms. The summed E-state index contributed by atoms with van der Waals surface area (Å²) in [5.74, 6) is 0. The largest absolute Gasteiger partial charge is 0.0843 e. The quantitative estimate of drug-likeness (QED) is 0.652. The van der Waals surface area contributed by atoms with Gasteiger partial charge in [-0.25, -0.2) is 0 Å². The van der Waals surface area contributed by atoms with Crippen molar-refractivity contribution in [3.05, 3.63) is 58.1 Å². The molecule has 16 heavy (non-hydrogen) atoms. The van der Waals surface area contributed by atoms with Gasteiger partial charge in [-0.15, -0.1) is 0 Å². The van der Waals surface area contributed by atoms with E-state index in [-0.39, 0.29) is 0 Å². The van der Waals surface area contributed by atoms with E-state index in [9.17, 15) is 0 Å². The summed E-state index contributed by atoms with van der Waals surface area (Å²) in [7, 11) is 0. The molecule has 0 fully saturated rings. The molecule has 0 nitrogen and oxygen atoms in total. The Kier molecular flexibility index (Phi) is 3.02. The fourth-order valence-electron chi connectivity index (χ4n) is 1.91. The molecule has 1 heteroatoms. The Bertz CT molecular complexity index is 477. The molecule has 2 aromatic carbocycles. The van der Waals surface area contributed by atoms with Crippen LogP contribution in [0.15, 0.2) is 36.4 Å². The molecule has 0 amide bonds. The first-order chi connectivity index (χ1) is 7.58. The molecular weight excluding hydrogens is 216 g/mol. The van der Waals surface area contributed by atoms with Gasteiger partial charge in [-0.2, -0.15) is 0 Å². The third-order valence-electron chi connectivity index (χ3n) is 2.88. The molecule has 0 aliphatic carbocycles. The number of aryl methyl sites for hydroxylation is 3. The van der Waals surface area contributed by atoms with Crippen LogP contribution in [0.25, 0.3) is 11.1 Å². The molecule has 0 aliphatic rings. The van der Waals surface area contributed by atoms with Gasteiger partial charge in [-0.3, -0.25) is 0 Å². The molecule has 0 aliphatic heterocycles. The van der Waals surface area contributed by atoms with Crippen molar-refractivity contribution in [3.63, 3.8) is 0 Å². The van der Waals surface area contributed by atoms with Crippen LogP contribution < -0.4 is 0 Å². The van der Waals surface area contributed by atoms with Crippen LogP contribution >= 0.6 is 11.6 Å². The third-order valence-corrected chi connectivity index (χ3v) is 3.12. The highest BCUT2D eigenvalue weighted by molar-refractivity contribution is 6.30. The predicted octanol–water partition coefficient (Wildman–Crippen LogP) is 4.93. The van der Waals surface area contributed by atoms with E-state index in [1.165, 1.54) is 27.8 Å². The van der Waals surface area contributed by atoms with Gasteiger partial charge in [0.15, 0.2) is 0 Å². The van der Waals surface area contributed by atoms with E-state index in [2.05, 4.69) is 45.0 Å². The van der Waals surface area contributed by atoms with E-state index in [1.54, 1.807) is 0 Å². The van der Waals surface area contributed by atoms with Gasteiger partial charge < -0.3 is 0 Å². The third kappa shape index (κ3) is 2.12. The Balaban J connectivity index is 2.66. The van der Waals surface area contributed by atoms with Crippen molar-refractivity contribution in [1.82, 2.24) is 0 Å². The van der Waals surface area contributed by atoms with Crippen molar-refractivity contribution in [1.29, 1.82) is 0 Å². The van der Waals surface area contributed by atoms with Gasteiger partial charge >= 0.3 is 0 Å². The average Bonchev–Trinajstić information content (AvgIpc) is 2.25. The molecule has 2 rings (SSSR count). The molecule has 0 heterocycles. The van der Waals surface area contributed by atoms with E-state index in [1.807, 2.05) is 12.1 Å². The van der Waals surface area contributed by atoms with Crippen molar-refractivity contribution in [2.24, 2.45) is 0 Å². The van der Waals surface area contributed by atoms with E-state index in [0.717, 1.165) is 5.02 Å². The molecule has 82 valence electrons. The van der Waals surface area contributed by atoms with Crippen molar-refractivity contribution < 1.29 is 0 Å². The number of rotatable bonds is 1. The van der Waals surface area contributed by atoms with Gasteiger partial charge in [0.1, 0.15) is 0 Å². The Labute approximate surface area is 102 Å². The number of benzene rings is 2. The SMILES string of the molecule is Cc1ccc(C)c(-c2cc(Cl)ccc2C)c1. The number of halogens is 1. The molecule has 0 aromatic heterocycles. The summed E-state index contributed by atoms with van der Waals surface area (Å²) >= 11 is 6.06. The topological polar surface area (TPSA) is 0 Å². The zero-order valence-electron chi connectivity index (χ0n) is 9.84. The van der Waals surface area contributed by atoms with E-state index in [4.69, 9.17) is 11.6 Å². The molecule has 0 saturated heterocycles. The lowest BCUT2D eigenvalue weighted by molar-refractivity contribution is 1.37. The summed E-state index contributed by atoms with van der Waals surface area (Å²) in [6.45, 7) is 6.37. The molecular formula is C15H15Cl. The Hall–Kier alpha value is -1.27. The zero-order chi connectivity index (χ0) is 11.7. The van der Waals surface area contributed by atoms with Crippen molar-refractivity contribution in [2.45, 2.75) is 20.8 Å². The highest BCUT2D eigenvalue weighted by Crippen LogP contribution is 2.29. The first-order valence-electron chi connectivity index (χ1n) is 5.42. The van der Waals surface area contributed by atoms with E-state index in [0.29, 0.717) is 0 Å². The second-order valence-electron chi connectivity index (χ2n) is 4.28. The van der Waals surface area contributed by atoms with Crippen molar-refractivity contribution in [3.8, 4) is 11.1 Å². The molecule has 0 bridgehead atoms. The number of hydrogen-bond donors (Lipinski definition) is 0. The molecule has 0 saturated carbocycles. The maximum absolute atomic E-state index is 6.06. The Morgan fingerprint density at radius 2 is 1.31 bits per heavy atom. The lowest BCUT2D eigenvalue weighted by Gasteiger charge is -2.10. The van der Waals surface area contributed by atoms with Crippen molar-refractivity contribution >= 4 is 11.6 Å². The summed E-state index contributed by atoms with van der Waals surface area (Å²) in [6, 6.07) is 12.6. The van der Waals surface area contributed by atoms with Crippen molar-refractivity contribution in [2.75, 3.05) is 0 Å². The number of hydrogen-bond acceptors (Lipinski definition) is 0. The first-order valence-corrected chi connectivity index (χ1v) is 5.79. The minimum Gasteiger partial charge on any atom is -0.0843 e. The summed E-state index contributed by atoms with van der Waals surface area (Å²) in [5, 5.41) is 0.793. The zero-order valence-corrected chi connectivity index (χ0v) is 10.6. The average molecular weight is 231 g/mol. The summed E-state index contributed by atoms with van der Waals surface area (Å²) in [5.41, 5.74) is 6.34. The minimum atomic E-state index is 0.793. The first kappa shape index (κ1) is 11.2. The van der Waals surface area contributed by atoms with Crippen LogP contribution in [0.4, 0.5) is 0 Å². The second-order valence-corrected chi connectivity index (χ2v) is 4.71. The maximum atomic E-state index is 6.06. The van der Waals surface area contributed by atoms with Crippen LogP contribution in [0.2, 0.25) is 5.02 Å². The van der Waals surface area contributed by atoms with Crippen LogP contribution in [0.1, 0.15) is 16.7 Å². The monoisotopic (exact) mass is 230 g/mol. The van der Waals surface area contributed by atoms with Gasteiger partial charge in [-0.05, 0) is 55.2 Å². The fourth-order valence-corrected chi connectivity index (χ4v) is 2.08. The van der Waals surface area contributed by atoms with Crippen LogP contribution in [0.5, 0.6) is 0 Å². The lowest BCUT2D eigenvalue weighted by Crippen LogP contribution is -1.88. The Morgan fingerprint density at radius 3 is 2.00 bits per heavy atom. The standard InChI is InChI=1S/C15H15Cl/c1-10-4-5-11(2)14(8-10)15-9-13(16)7-6-12(15)3/h4-9H,1-3H3. The highest BCUT2D eigenvalue weighted by Gasteiger charge is 2.06. The second kappa shape index (κ2) is 4.31. The van der Waals surface area contributed by atoms with Crippen LogP contribution in [-0.2, 0) is 0 Å². The van der Waals surface area contributed by atoms with Gasteiger partial charge in [0.05, 0.1) is 0 Å². The van der Waals surface area contributed by atoms with Gasteiger partial charge in [0.2, 0.25) is 0 Å². The van der Waals surface area contributed by atoms with Gasteiger partial charge in [0, 0.05) is 5.02 Å². The molecule has 0 radical (unpaired) electrons. The van der Waals surface area contributed by atoms with Gasteiger partial charge in [0.25, 0.3) is 0 Å². The maximum Gasteiger partial charge on any atom is 0.0412 e. The minimum absolute atomic E-state index is 0.793.